The Balaban J connectivity index is 3.01. The number of hydrogen-bond acceptors (Lipinski definition) is 2. The van der Waals surface area contributed by atoms with Gasteiger partial charge in [-0.05, 0) is 31.1 Å². The number of aromatic nitrogens is 2. The van der Waals surface area contributed by atoms with Crippen molar-refractivity contribution in [3.05, 3.63) is 11.3 Å². The number of rotatable bonds is 7. The Morgan fingerprint density at radius 3 is 2.22 bits per heavy atom. The second-order valence-corrected chi connectivity index (χ2v) is 6.02. The SMILES string of the molecule is CCCCn1nc(O)c(CC(C)C)c1CC(C)C. The summed E-state index contributed by atoms with van der Waals surface area (Å²) in [6.07, 6.45) is 4.19. The zero-order valence-corrected chi connectivity index (χ0v) is 12.5. The van der Waals surface area contributed by atoms with Crippen LogP contribution in [0.5, 0.6) is 5.88 Å². The van der Waals surface area contributed by atoms with E-state index in [0.29, 0.717) is 11.8 Å². The first-order valence-corrected chi connectivity index (χ1v) is 7.23. The van der Waals surface area contributed by atoms with Gasteiger partial charge in [0.25, 0.3) is 0 Å². The topological polar surface area (TPSA) is 38.0 Å². The fourth-order valence-electron chi connectivity index (χ4n) is 2.25. The fraction of sp³-hybridized carbons (Fsp3) is 0.800. The molecule has 1 aromatic heterocycles. The van der Waals surface area contributed by atoms with Crippen LogP contribution >= 0.6 is 0 Å². The molecule has 0 aromatic carbocycles. The molecule has 0 fully saturated rings. The van der Waals surface area contributed by atoms with E-state index < -0.39 is 0 Å². The Labute approximate surface area is 111 Å². The van der Waals surface area contributed by atoms with Gasteiger partial charge in [-0.15, -0.1) is 5.10 Å². The summed E-state index contributed by atoms with van der Waals surface area (Å²) in [6, 6.07) is 0. The van der Waals surface area contributed by atoms with Crippen LogP contribution in [0.4, 0.5) is 0 Å². The lowest BCUT2D eigenvalue weighted by atomic mass is 9.98. The van der Waals surface area contributed by atoms with E-state index in [1.807, 2.05) is 4.68 Å². The van der Waals surface area contributed by atoms with E-state index in [0.717, 1.165) is 37.8 Å². The first-order valence-electron chi connectivity index (χ1n) is 7.23. The molecular formula is C15H28N2O. The van der Waals surface area contributed by atoms with Gasteiger partial charge in [-0.1, -0.05) is 41.0 Å². The minimum Gasteiger partial charge on any atom is -0.492 e. The van der Waals surface area contributed by atoms with Gasteiger partial charge in [-0.25, -0.2) is 0 Å². The number of unbranched alkanes of at least 4 members (excludes halogenated alkanes) is 1. The van der Waals surface area contributed by atoms with Gasteiger partial charge < -0.3 is 5.11 Å². The molecule has 0 saturated carbocycles. The second kappa shape index (κ2) is 6.81. The van der Waals surface area contributed by atoms with E-state index >= 15 is 0 Å². The van der Waals surface area contributed by atoms with Crippen molar-refractivity contribution in [2.45, 2.75) is 66.8 Å². The third kappa shape index (κ3) is 4.04. The van der Waals surface area contributed by atoms with Crippen LogP contribution in [0.15, 0.2) is 0 Å². The zero-order valence-electron chi connectivity index (χ0n) is 12.5. The van der Waals surface area contributed by atoms with Crippen LogP contribution in [0.3, 0.4) is 0 Å². The molecule has 104 valence electrons. The molecular weight excluding hydrogens is 224 g/mol. The Morgan fingerprint density at radius 2 is 1.72 bits per heavy atom. The molecule has 0 radical (unpaired) electrons. The highest BCUT2D eigenvalue weighted by Crippen LogP contribution is 2.26. The molecule has 18 heavy (non-hydrogen) atoms. The molecule has 0 amide bonds. The summed E-state index contributed by atoms with van der Waals surface area (Å²) in [5, 5.41) is 14.4. The predicted molar refractivity (Wildman–Crippen MR) is 75.9 cm³/mol. The highest BCUT2D eigenvalue weighted by Gasteiger charge is 2.18. The molecule has 1 rings (SSSR count). The average Bonchev–Trinajstić information content (AvgIpc) is 2.53. The predicted octanol–water partition coefficient (Wildman–Crippen LogP) is 3.79. The molecule has 1 N–H and O–H groups in total. The van der Waals surface area contributed by atoms with Crippen molar-refractivity contribution in [3.63, 3.8) is 0 Å². The van der Waals surface area contributed by atoms with Crippen molar-refractivity contribution in [2.24, 2.45) is 11.8 Å². The number of aryl methyl sites for hydroxylation is 1. The highest BCUT2D eigenvalue weighted by molar-refractivity contribution is 5.31. The van der Waals surface area contributed by atoms with E-state index in [9.17, 15) is 5.11 Å². The van der Waals surface area contributed by atoms with E-state index in [1.165, 1.54) is 5.69 Å². The normalized spacial score (nSPS) is 11.7. The largest absolute Gasteiger partial charge is 0.492 e. The van der Waals surface area contributed by atoms with Gasteiger partial charge in [-0.3, -0.25) is 4.68 Å². The molecule has 0 unspecified atom stereocenters. The van der Waals surface area contributed by atoms with Crippen LogP contribution in [0.2, 0.25) is 0 Å². The first kappa shape index (κ1) is 15.1. The Kier molecular flexibility index (Phi) is 5.70. The summed E-state index contributed by atoms with van der Waals surface area (Å²) >= 11 is 0. The van der Waals surface area contributed by atoms with Crippen molar-refractivity contribution in [1.29, 1.82) is 0 Å². The first-order chi connectivity index (χ1) is 8.45. The van der Waals surface area contributed by atoms with Crippen molar-refractivity contribution >= 4 is 0 Å². The monoisotopic (exact) mass is 252 g/mol. The lowest BCUT2D eigenvalue weighted by molar-refractivity contribution is 0.426. The molecule has 0 spiro atoms. The van der Waals surface area contributed by atoms with Gasteiger partial charge in [0.2, 0.25) is 5.88 Å². The van der Waals surface area contributed by atoms with Gasteiger partial charge in [0.05, 0.1) is 0 Å². The fourth-order valence-corrected chi connectivity index (χ4v) is 2.25. The van der Waals surface area contributed by atoms with Crippen LogP contribution < -0.4 is 0 Å². The second-order valence-electron chi connectivity index (χ2n) is 6.02. The molecule has 0 saturated heterocycles. The summed E-state index contributed by atoms with van der Waals surface area (Å²) < 4.78 is 2.02. The Hall–Kier alpha value is -0.990. The van der Waals surface area contributed by atoms with E-state index in [1.54, 1.807) is 0 Å². The molecule has 1 aromatic rings. The zero-order chi connectivity index (χ0) is 13.7. The maximum absolute atomic E-state index is 10.0. The molecule has 0 bridgehead atoms. The van der Waals surface area contributed by atoms with Crippen LogP contribution in [-0.2, 0) is 19.4 Å². The summed E-state index contributed by atoms with van der Waals surface area (Å²) in [5.41, 5.74) is 2.31. The molecule has 3 heteroatoms. The smallest absolute Gasteiger partial charge is 0.233 e. The minimum absolute atomic E-state index is 0.246. The van der Waals surface area contributed by atoms with E-state index in [-0.39, 0.29) is 5.88 Å². The maximum atomic E-state index is 10.0. The lowest BCUT2D eigenvalue weighted by Gasteiger charge is -2.12. The average molecular weight is 252 g/mol. The third-order valence-corrected chi connectivity index (χ3v) is 3.08. The molecule has 0 aliphatic rings. The Bertz CT molecular complexity index is 367. The van der Waals surface area contributed by atoms with Crippen LogP contribution in [0, 0.1) is 11.8 Å². The van der Waals surface area contributed by atoms with Crippen molar-refractivity contribution in [3.8, 4) is 5.88 Å². The summed E-state index contributed by atoms with van der Waals surface area (Å²) in [7, 11) is 0. The maximum Gasteiger partial charge on any atom is 0.233 e. The van der Waals surface area contributed by atoms with Crippen molar-refractivity contribution in [2.75, 3.05) is 0 Å². The van der Waals surface area contributed by atoms with Crippen LogP contribution in [0.1, 0.15) is 58.7 Å². The van der Waals surface area contributed by atoms with Crippen LogP contribution in [-0.4, -0.2) is 14.9 Å². The van der Waals surface area contributed by atoms with Crippen molar-refractivity contribution in [1.82, 2.24) is 9.78 Å². The van der Waals surface area contributed by atoms with E-state index in [2.05, 4.69) is 39.7 Å². The summed E-state index contributed by atoms with van der Waals surface area (Å²) in [4.78, 5) is 0. The van der Waals surface area contributed by atoms with Gasteiger partial charge >= 0.3 is 0 Å². The quantitative estimate of drug-likeness (QED) is 0.802. The molecule has 3 nitrogen and oxygen atoms in total. The lowest BCUT2D eigenvalue weighted by Crippen LogP contribution is -2.10. The standard InChI is InChI=1S/C15H28N2O/c1-6-7-8-17-14(10-12(4)5)13(9-11(2)3)15(18)16-17/h11-12H,6-10H2,1-5H3,(H,16,18). The van der Waals surface area contributed by atoms with Crippen molar-refractivity contribution < 1.29 is 5.11 Å². The number of nitrogens with zero attached hydrogens (tertiary/aromatic N) is 2. The van der Waals surface area contributed by atoms with Gasteiger partial charge in [0, 0.05) is 17.8 Å². The minimum atomic E-state index is 0.246. The molecule has 0 atom stereocenters. The molecule has 1 heterocycles. The molecule has 0 aliphatic heterocycles. The number of aromatic hydroxyl groups is 1. The van der Waals surface area contributed by atoms with Gasteiger partial charge in [0.15, 0.2) is 0 Å². The molecule has 0 aliphatic carbocycles. The highest BCUT2D eigenvalue weighted by atomic mass is 16.3. The van der Waals surface area contributed by atoms with Gasteiger partial charge in [-0.2, -0.15) is 0 Å². The van der Waals surface area contributed by atoms with E-state index in [4.69, 9.17) is 0 Å². The summed E-state index contributed by atoms with van der Waals surface area (Å²) in [6.45, 7) is 11.9. The summed E-state index contributed by atoms with van der Waals surface area (Å²) in [5.74, 6) is 1.38. The van der Waals surface area contributed by atoms with Crippen LogP contribution in [0.25, 0.3) is 0 Å². The number of hydrogen-bond donors (Lipinski definition) is 1. The van der Waals surface area contributed by atoms with Gasteiger partial charge in [0.1, 0.15) is 0 Å². The third-order valence-electron chi connectivity index (χ3n) is 3.08. The Morgan fingerprint density at radius 1 is 1.11 bits per heavy atom.